The normalized spacial score (nSPS) is 10.4. The number of carbonyl (C=O) groups excluding carboxylic acids is 2. The first-order valence-electron chi connectivity index (χ1n) is 7.78. The molecule has 0 spiro atoms. The second-order valence-corrected chi connectivity index (χ2v) is 5.41. The van der Waals surface area contributed by atoms with E-state index in [1.54, 1.807) is 23.9 Å². The number of methoxy groups -OCH3 is 1. The van der Waals surface area contributed by atoms with E-state index in [-0.39, 0.29) is 24.1 Å². The Hall–Kier alpha value is -3.35. The van der Waals surface area contributed by atoms with Crippen molar-refractivity contribution in [3.8, 4) is 5.75 Å². The van der Waals surface area contributed by atoms with Crippen molar-refractivity contribution in [1.82, 2.24) is 20.2 Å². The van der Waals surface area contributed by atoms with Crippen LogP contribution >= 0.6 is 0 Å². The SMILES string of the molecule is COc1cccc(CNC(=O)CNC(=O)c2cc3ccccn3n2)c1. The fraction of sp³-hybridized carbons (Fsp3) is 0.167. The van der Waals surface area contributed by atoms with Gasteiger partial charge in [0.15, 0.2) is 5.69 Å². The van der Waals surface area contributed by atoms with Crippen molar-refractivity contribution < 1.29 is 14.3 Å². The van der Waals surface area contributed by atoms with Gasteiger partial charge >= 0.3 is 0 Å². The summed E-state index contributed by atoms with van der Waals surface area (Å²) in [5, 5.41) is 9.48. The third-order valence-corrected chi connectivity index (χ3v) is 3.64. The van der Waals surface area contributed by atoms with Crippen molar-refractivity contribution in [2.75, 3.05) is 13.7 Å². The van der Waals surface area contributed by atoms with Crippen molar-refractivity contribution in [3.63, 3.8) is 0 Å². The highest BCUT2D eigenvalue weighted by atomic mass is 16.5. The van der Waals surface area contributed by atoms with E-state index >= 15 is 0 Å². The maximum absolute atomic E-state index is 12.1. The smallest absolute Gasteiger partial charge is 0.272 e. The fourth-order valence-corrected chi connectivity index (χ4v) is 2.35. The number of rotatable bonds is 6. The average Bonchev–Trinajstić information content (AvgIpc) is 3.09. The van der Waals surface area contributed by atoms with Crippen LogP contribution in [0.3, 0.4) is 0 Å². The van der Waals surface area contributed by atoms with Gasteiger partial charge in [-0.15, -0.1) is 0 Å². The molecule has 1 aromatic carbocycles. The van der Waals surface area contributed by atoms with Crippen molar-refractivity contribution >= 4 is 17.3 Å². The molecule has 7 nitrogen and oxygen atoms in total. The quantitative estimate of drug-likeness (QED) is 0.711. The summed E-state index contributed by atoms with van der Waals surface area (Å²) in [4.78, 5) is 24.0. The van der Waals surface area contributed by atoms with Crippen LogP contribution in [0.15, 0.2) is 54.7 Å². The summed E-state index contributed by atoms with van der Waals surface area (Å²) in [6.07, 6.45) is 1.76. The Morgan fingerprint density at radius 1 is 1.12 bits per heavy atom. The maximum atomic E-state index is 12.1. The van der Waals surface area contributed by atoms with E-state index in [2.05, 4.69) is 15.7 Å². The molecular weight excluding hydrogens is 320 g/mol. The van der Waals surface area contributed by atoms with E-state index in [1.807, 2.05) is 42.5 Å². The van der Waals surface area contributed by atoms with Gasteiger partial charge in [0.2, 0.25) is 5.91 Å². The maximum Gasteiger partial charge on any atom is 0.272 e. The predicted molar refractivity (Wildman–Crippen MR) is 92.4 cm³/mol. The van der Waals surface area contributed by atoms with Gasteiger partial charge in [-0.25, -0.2) is 4.52 Å². The molecule has 0 aliphatic carbocycles. The summed E-state index contributed by atoms with van der Waals surface area (Å²) < 4.78 is 6.74. The van der Waals surface area contributed by atoms with Gasteiger partial charge in [0.05, 0.1) is 19.2 Å². The zero-order valence-corrected chi connectivity index (χ0v) is 13.7. The average molecular weight is 338 g/mol. The molecule has 2 amide bonds. The largest absolute Gasteiger partial charge is 0.497 e. The summed E-state index contributed by atoms with van der Waals surface area (Å²) in [6.45, 7) is 0.247. The lowest BCUT2D eigenvalue weighted by molar-refractivity contribution is -0.120. The molecule has 2 heterocycles. The Morgan fingerprint density at radius 2 is 2.00 bits per heavy atom. The summed E-state index contributed by atoms with van der Waals surface area (Å²) in [5.41, 5.74) is 2.00. The van der Waals surface area contributed by atoms with Crippen LogP contribution in [0.4, 0.5) is 0 Å². The number of aromatic nitrogens is 2. The first-order chi connectivity index (χ1) is 12.2. The Bertz CT molecular complexity index is 871. The van der Waals surface area contributed by atoms with E-state index in [4.69, 9.17) is 4.74 Å². The van der Waals surface area contributed by atoms with Crippen molar-refractivity contribution in [3.05, 3.63) is 66.0 Å². The molecule has 2 aromatic heterocycles. The van der Waals surface area contributed by atoms with Crippen molar-refractivity contribution in [1.29, 1.82) is 0 Å². The van der Waals surface area contributed by atoms with Crippen LogP contribution in [0.5, 0.6) is 5.75 Å². The molecule has 0 saturated carbocycles. The van der Waals surface area contributed by atoms with Gasteiger partial charge in [0.1, 0.15) is 5.75 Å². The predicted octanol–water partition coefficient (Wildman–Crippen LogP) is 1.39. The molecular formula is C18H18N4O3. The lowest BCUT2D eigenvalue weighted by atomic mass is 10.2. The molecule has 0 aliphatic heterocycles. The molecule has 2 N–H and O–H groups in total. The van der Waals surface area contributed by atoms with Crippen LogP contribution in [0.2, 0.25) is 0 Å². The van der Waals surface area contributed by atoms with Gasteiger partial charge in [-0.05, 0) is 35.9 Å². The van der Waals surface area contributed by atoms with Crippen LogP contribution in [0, 0.1) is 0 Å². The number of ether oxygens (including phenoxy) is 1. The standard InChI is InChI=1S/C18H18N4O3/c1-25-15-7-4-5-13(9-15)11-19-17(23)12-20-18(24)16-10-14-6-2-3-8-22(14)21-16/h2-10H,11-12H2,1H3,(H,19,23)(H,20,24). The van der Waals surface area contributed by atoms with Crippen molar-refractivity contribution in [2.24, 2.45) is 0 Å². The number of hydrogen-bond acceptors (Lipinski definition) is 4. The number of hydrogen-bond donors (Lipinski definition) is 2. The van der Waals surface area contributed by atoms with Crippen LogP contribution < -0.4 is 15.4 Å². The van der Waals surface area contributed by atoms with Crippen LogP contribution in [0.1, 0.15) is 16.1 Å². The second kappa shape index (κ2) is 7.48. The summed E-state index contributed by atoms with van der Waals surface area (Å²) in [5.74, 6) is 0.0621. The number of benzene rings is 1. The lowest BCUT2D eigenvalue weighted by Crippen LogP contribution is -2.36. The molecule has 0 atom stereocenters. The second-order valence-electron chi connectivity index (χ2n) is 5.41. The van der Waals surface area contributed by atoms with Crippen LogP contribution in [0.25, 0.3) is 5.52 Å². The fourth-order valence-electron chi connectivity index (χ4n) is 2.35. The highest BCUT2D eigenvalue weighted by Crippen LogP contribution is 2.12. The number of pyridine rings is 1. The highest BCUT2D eigenvalue weighted by Gasteiger charge is 2.12. The monoisotopic (exact) mass is 338 g/mol. The Labute approximate surface area is 144 Å². The molecule has 25 heavy (non-hydrogen) atoms. The first-order valence-corrected chi connectivity index (χ1v) is 7.78. The Morgan fingerprint density at radius 3 is 2.80 bits per heavy atom. The summed E-state index contributed by atoms with van der Waals surface area (Å²) in [6, 6.07) is 14.6. The molecule has 0 unspecified atom stereocenters. The number of amides is 2. The molecule has 7 heteroatoms. The third-order valence-electron chi connectivity index (χ3n) is 3.64. The topological polar surface area (TPSA) is 84.7 Å². The van der Waals surface area contributed by atoms with Gasteiger partial charge < -0.3 is 15.4 Å². The van der Waals surface area contributed by atoms with Crippen molar-refractivity contribution in [2.45, 2.75) is 6.54 Å². The minimum Gasteiger partial charge on any atom is -0.497 e. The van der Waals surface area contributed by atoms with Gasteiger partial charge in [-0.3, -0.25) is 9.59 Å². The van der Waals surface area contributed by atoms with Crippen LogP contribution in [-0.4, -0.2) is 35.1 Å². The van der Waals surface area contributed by atoms with Gasteiger partial charge in [-0.1, -0.05) is 18.2 Å². The molecule has 3 rings (SSSR count). The van der Waals surface area contributed by atoms with E-state index in [0.29, 0.717) is 6.54 Å². The molecule has 128 valence electrons. The highest BCUT2D eigenvalue weighted by molar-refractivity contribution is 5.95. The zero-order chi connectivity index (χ0) is 17.6. The van der Waals surface area contributed by atoms with E-state index in [0.717, 1.165) is 16.8 Å². The first kappa shape index (κ1) is 16.5. The zero-order valence-electron chi connectivity index (χ0n) is 13.7. The molecule has 0 bridgehead atoms. The van der Waals surface area contributed by atoms with Gasteiger partial charge in [-0.2, -0.15) is 5.10 Å². The number of nitrogens with zero attached hydrogens (tertiary/aromatic N) is 2. The molecule has 0 radical (unpaired) electrons. The number of fused-ring (bicyclic) bond motifs is 1. The van der Waals surface area contributed by atoms with E-state index in [9.17, 15) is 9.59 Å². The lowest BCUT2D eigenvalue weighted by Gasteiger charge is -2.07. The van der Waals surface area contributed by atoms with Gasteiger partial charge in [0.25, 0.3) is 5.91 Å². The Kier molecular flexibility index (Phi) is 4.94. The molecule has 0 fully saturated rings. The summed E-state index contributed by atoms with van der Waals surface area (Å²) >= 11 is 0. The number of nitrogens with one attached hydrogen (secondary N) is 2. The Balaban J connectivity index is 1.50. The van der Waals surface area contributed by atoms with E-state index < -0.39 is 0 Å². The number of carbonyl (C=O) groups is 2. The molecule has 0 saturated heterocycles. The molecule has 3 aromatic rings. The minimum absolute atomic E-state index is 0.114. The minimum atomic E-state index is -0.389. The van der Waals surface area contributed by atoms with Gasteiger partial charge in [0, 0.05) is 12.7 Å². The van der Waals surface area contributed by atoms with Crippen LogP contribution in [-0.2, 0) is 11.3 Å². The summed E-state index contributed by atoms with van der Waals surface area (Å²) in [7, 11) is 1.59. The van der Waals surface area contributed by atoms with E-state index in [1.165, 1.54) is 0 Å². The third kappa shape index (κ3) is 4.14. The molecule has 0 aliphatic rings.